The molecule has 3 N–H and O–H groups in total. The second kappa shape index (κ2) is 9.49. The summed E-state index contributed by atoms with van der Waals surface area (Å²) in [7, 11) is 0. The molecule has 0 spiro atoms. The fourth-order valence-electron chi connectivity index (χ4n) is 3.91. The molecule has 1 aliphatic heterocycles. The fraction of sp³-hybridized carbons (Fsp3) is 0.192. The molecule has 2 aromatic heterocycles. The average Bonchev–Trinajstić information content (AvgIpc) is 3.35. The Labute approximate surface area is 206 Å². The van der Waals surface area contributed by atoms with Gasteiger partial charge >= 0.3 is 0 Å². The summed E-state index contributed by atoms with van der Waals surface area (Å²) in [6.45, 7) is 4.07. The molecule has 0 saturated carbocycles. The molecular formula is C26H24N6O4. The van der Waals surface area contributed by atoms with Crippen LogP contribution >= 0.6 is 0 Å². The van der Waals surface area contributed by atoms with Crippen molar-refractivity contribution in [2.45, 2.75) is 26.4 Å². The van der Waals surface area contributed by atoms with Gasteiger partial charge < -0.3 is 20.7 Å². The van der Waals surface area contributed by atoms with Crippen LogP contribution in [0, 0.1) is 6.92 Å². The predicted molar refractivity (Wildman–Crippen MR) is 132 cm³/mol. The van der Waals surface area contributed by atoms with E-state index in [-0.39, 0.29) is 42.4 Å². The van der Waals surface area contributed by atoms with Crippen LogP contribution in [0.1, 0.15) is 50.6 Å². The highest BCUT2D eigenvalue weighted by Gasteiger charge is 2.20. The SMILES string of the molecule is Cc1ccc([C@H](C)NC(=O)c2cc(C(=O)NCc3ccc4c(c3)NC(=O)CO4)nc3ccnn23)cc1. The topological polar surface area (TPSA) is 127 Å². The van der Waals surface area contributed by atoms with Crippen LogP contribution in [0.2, 0.25) is 0 Å². The van der Waals surface area contributed by atoms with Gasteiger partial charge in [-0.25, -0.2) is 9.50 Å². The lowest BCUT2D eigenvalue weighted by molar-refractivity contribution is -0.118. The molecule has 10 heteroatoms. The summed E-state index contributed by atoms with van der Waals surface area (Å²) in [4.78, 5) is 42.0. The number of ether oxygens (including phenoxy) is 1. The number of anilines is 1. The molecule has 3 amide bonds. The summed E-state index contributed by atoms with van der Waals surface area (Å²) in [5.74, 6) is -0.478. The van der Waals surface area contributed by atoms with Crippen LogP contribution in [0.3, 0.4) is 0 Å². The molecular weight excluding hydrogens is 460 g/mol. The first-order valence-corrected chi connectivity index (χ1v) is 11.4. The van der Waals surface area contributed by atoms with Crippen molar-refractivity contribution in [3.63, 3.8) is 0 Å². The maximum absolute atomic E-state index is 13.1. The van der Waals surface area contributed by atoms with E-state index in [0.29, 0.717) is 17.1 Å². The van der Waals surface area contributed by atoms with Crippen molar-refractivity contribution in [1.29, 1.82) is 0 Å². The highest BCUT2D eigenvalue weighted by Crippen LogP contribution is 2.28. The van der Waals surface area contributed by atoms with Crippen LogP contribution in [-0.4, -0.2) is 38.9 Å². The van der Waals surface area contributed by atoms with Crippen LogP contribution in [0.4, 0.5) is 5.69 Å². The zero-order chi connectivity index (χ0) is 25.2. The Hall–Kier alpha value is -4.73. The molecule has 5 rings (SSSR count). The van der Waals surface area contributed by atoms with E-state index < -0.39 is 5.91 Å². The van der Waals surface area contributed by atoms with Gasteiger partial charge in [0, 0.05) is 18.7 Å². The van der Waals surface area contributed by atoms with Crippen LogP contribution < -0.4 is 20.7 Å². The molecule has 0 saturated heterocycles. The minimum Gasteiger partial charge on any atom is -0.482 e. The lowest BCUT2D eigenvalue weighted by Gasteiger charge is -2.18. The number of hydrogen-bond donors (Lipinski definition) is 3. The number of nitrogens with one attached hydrogen (secondary N) is 3. The van der Waals surface area contributed by atoms with Gasteiger partial charge in [0.05, 0.1) is 17.9 Å². The molecule has 3 heterocycles. The summed E-state index contributed by atoms with van der Waals surface area (Å²) in [5, 5.41) is 12.7. The van der Waals surface area contributed by atoms with Crippen LogP contribution in [0.25, 0.3) is 5.65 Å². The average molecular weight is 485 g/mol. The zero-order valence-corrected chi connectivity index (χ0v) is 19.7. The van der Waals surface area contributed by atoms with Crippen molar-refractivity contribution in [1.82, 2.24) is 25.2 Å². The third-order valence-corrected chi connectivity index (χ3v) is 5.88. The van der Waals surface area contributed by atoms with Crippen molar-refractivity contribution < 1.29 is 19.1 Å². The minimum absolute atomic E-state index is 0.0223. The third kappa shape index (κ3) is 4.74. The number of aromatic nitrogens is 3. The fourth-order valence-corrected chi connectivity index (χ4v) is 3.91. The predicted octanol–water partition coefficient (Wildman–Crippen LogP) is 2.79. The first-order chi connectivity index (χ1) is 17.4. The molecule has 4 aromatic rings. The van der Waals surface area contributed by atoms with Gasteiger partial charge in [-0.3, -0.25) is 14.4 Å². The molecule has 36 heavy (non-hydrogen) atoms. The number of rotatable bonds is 6. The van der Waals surface area contributed by atoms with Crippen molar-refractivity contribution in [2.75, 3.05) is 11.9 Å². The van der Waals surface area contributed by atoms with E-state index in [2.05, 4.69) is 26.0 Å². The van der Waals surface area contributed by atoms with Gasteiger partial charge in [0.1, 0.15) is 17.1 Å². The lowest BCUT2D eigenvalue weighted by atomic mass is 10.1. The highest BCUT2D eigenvalue weighted by atomic mass is 16.5. The van der Waals surface area contributed by atoms with Gasteiger partial charge in [0.2, 0.25) is 0 Å². The van der Waals surface area contributed by atoms with E-state index in [1.54, 1.807) is 24.3 Å². The van der Waals surface area contributed by atoms with E-state index in [4.69, 9.17) is 4.74 Å². The van der Waals surface area contributed by atoms with E-state index in [1.165, 1.54) is 16.8 Å². The molecule has 0 unspecified atom stereocenters. The van der Waals surface area contributed by atoms with E-state index >= 15 is 0 Å². The molecule has 0 fully saturated rings. The maximum Gasteiger partial charge on any atom is 0.270 e. The van der Waals surface area contributed by atoms with Crippen molar-refractivity contribution in [3.05, 3.63) is 88.9 Å². The number of amides is 3. The van der Waals surface area contributed by atoms with Crippen LogP contribution in [0.5, 0.6) is 5.75 Å². The largest absolute Gasteiger partial charge is 0.482 e. The van der Waals surface area contributed by atoms with Gasteiger partial charge in [0.25, 0.3) is 17.7 Å². The second-order valence-corrected chi connectivity index (χ2v) is 8.58. The Kier molecular flexibility index (Phi) is 6.07. The summed E-state index contributed by atoms with van der Waals surface area (Å²) < 4.78 is 6.76. The smallest absolute Gasteiger partial charge is 0.270 e. The summed E-state index contributed by atoms with van der Waals surface area (Å²) in [6, 6.07) is 16.0. The minimum atomic E-state index is -0.447. The number of carbonyl (C=O) groups is 3. The van der Waals surface area contributed by atoms with Gasteiger partial charge in [0.15, 0.2) is 12.3 Å². The van der Waals surface area contributed by atoms with Crippen LogP contribution in [-0.2, 0) is 11.3 Å². The number of nitrogens with zero attached hydrogens (tertiary/aromatic N) is 3. The molecule has 1 aliphatic rings. The second-order valence-electron chi connectivity index (χ2n) is 8.58. The molecule has 0 bridgehead atoms. The van der Waals surface area contributed by atoms with Gasteiger partial charge in [-0.1, -0.05) is 35.9 Å². The Balaban J connectivity index is 1.33. The molecule has 1 atom stereocenters. The monoisotopic (exact) mass is 484 g/mol. The number of carbonyl (C=O) groups excluding carboxylic acids is 3. The lowest BCUT2D eigenvalue weighted by Crippen LogP contribution is -2.30. The van der Waals surface area contributed by atoms with Gasteiger partial charge in [-0.15, -0.1) is 0 Å². The molecule has 2 aromatic carbocycles. The Morgan fingerprint density at radius 3 is 2.72 bits per heavy atom. The zero-order valence-electron chi connectivity index (χ0n) is 19.7. The van der Waals surface area contributed by atoms with Crippen molar-refractivity contribution in [3.8, 4) is 5.75 Å². The quantitative estimate of drug-likeness (QED) is 0.386. The third-order valence-electron chi connectivity index (χ3n) is 5.88. The number of benzene rings is 2. The molecule has 0 radical (unpaired) electrons. The van der Waals surface area contributed by atoms with E-state index in [9.17, 15) is 14.4 Å². The van der Waals surface area contributed by atoms with Crippen molar-refractivity contribution in [2.24, 2.45) is 0 Å². The molecule has 0 aliphatic carbocycles. The number of fused-ring (bicyclic) bond motifs is 2. The summed E-state index contributed by atoms with van der Waals surface area (Å²) in [5.41, 5.74) is 4.08. The van der Waals surface area contributed by atoms with Gasteiger partial charge in [-0.2, -0.15) is 5.10 Å². The first-order valence-electron chi connectivity index (χ1n) is 11.4. The van der Waals surface area contributed by atoms with Crippen LogP contribution in [0.15, 0.2) is 60.8 Å². The number of aryl methyl sites for hydroxylation is 1. The standard InChI is InChI=1S/C26H24N6O4/c1-15-3-6-18(7-4-15)16(2)29-26(35)21-12-20(30-23-9-10-28-32(21)23)25(34)27-13-17-5-8-22-19(11-17)31-24(33)14-36-22/h3-12,16H,13-14H2,1-2H3,(H,27,34)(H,29,35)(H,31,33)/t16-/m0/s1. The molecule has 10 nitrogen and oxygen atoms in total. The Bertz CT molecular complexity index is 1480. The van der Waals surface area contributed by atoms with Gasteiger partial charge in [-0.05, 0) is 37.1 Å². The van der Waals surface area contributed by atoms with E-state index in [0.717, 1.165) is 16.7 Å². The normalized spacial score (nSPS) is 13.3. The van der Waals surface area contributed by atoms with E-state index in [1.807, 2.05) is 38.1 Å². The summed E-state index contributed by atoms with van der Waals surface area (Å²) >= 11 is 0. The summed E-state index contributed by atoms with van der Waals surface area (Å²) in [6.07, 6.45) is 1.52. The first kappa shape index (κ1) is 23.0. The Morgan fingerprint density at radius 2 is 1.92 bits per heavy atom. The maximum atomic E-state index is 13.1. The molecule has 182 valence electrons. The highest BCUT2D eigenvalue weighted by molar-refractivity contribution is 5.98. The van der Waals surface area contributed by atoms with Crippen molar-refractivity contribution >= 4 is 29.1 Å². The Morgan fingerprint density at radius 1 is 1.11 bits per heavy atom. The number of hydrogen-bond acceptors (Lipinski definition) is 6.